The molecule has 11 N–H and O–H groups in total. The average molecular weight is 1250 g/mol. The molecule has 0 aromatic heterocycles. The highest BCUT2D eigenvalue weighted by molar-refractivity contribution is 5.94. The van der Waals surface area contributed by atoms with Crippen LogP contribution in [0.1, 0.15) is 319 Å². The van der Waals surface area contributed by atoms with E-state index in [0.717, 1.165) is 77.0 Å². The van der Waals surface area contributed by atoms with Crippen molar-refractivity contribution in [2.75, 3.05) is 6.54 Å². The fourth-order valence-corrected chi connectivity index (χ4v) is 10.3. The van der Waals surface area contributed by atoms with Gasteiger partial charge in [-0.2, -0.15) is 20.4 Å². The van der Waals surface area contributed by atoms with E-state index in [-0.39, 0.29) is 68.6 Å². The normalized spacial score (nSPS) is 14.5. The van der Waals surface area contributed by atoms with Gasteiger partial charge in [0, 0.05) is 44.1 Å². The molecule has 20 heteroatoms. The summed E-state index contributed by atoms with van der Waals surface area (Å²) in [6.45, 7) is 17.4. The molecule has 0 aliphatic carbocycles. The number of rotatable bonds is 60. The first-order valence-electron chi connectivity index (χ1n) is 35.7. The monoisotopic (exact) mass is 1250 g/mol. The van der Waals surface area contributed by atoms with Gasteiger partial charge in [0.05, 0.1) is 6.04 Å². The minimum absolute atomic E-state index is 0.0664. The number of amides is 7. The van der Waals surface area contributed by atoms with Crippen molar-refractivity contribution in [2.24, 2.45) is 55.5 Å². The number of carbonyl (C=O) groups excluding carboxylic acids is 7. The van der Waals surface area contributed by atoms with Crippen LogP contribution in [-0.2, 0) is 33.6 Å². The molecule has 0 bridgehead atoms. The number of carbonyl (C=O) groups is 7. The van der Waals surface area contributed by atoms with Crippen molar-refractivity contribution in [1.82, 2.24) is 37.7 Å². The molecule has 7 amide bonds. The molecule has 0 saturated heterocycles. The zero-order chi connectivity index (χ0) is 66.0. The Hall–Kier alpha value is -5.11. The van der Waals surface area contributed by atoms with E-state index in [2.05, 4.69) is 92.7 Å². The first kappa shape index (κ1) is 83.9. The summed E-state index contributed by atoms with van der Waals surface area (Å²) in [5.74, 6) is -3.89. The summed E-state index contributed by atoms with van der Waals surface area (Å²) in [6, 6.07) is -4.92. The van der Waals surface area contributed by atoms with E-state index in [9.17, 15) is 33.6 Å². The van der Waals surface area contributed by atoms with Gasteiger partial charge in [0.15, 0.2) is 0 Å². The third-order valence-corrected chi connectivity index (χ3v) is 16.3. The molecule has 0 aromatic rings. The van der Waals surface area contributed by atoms with Gasteiger partial charge in [-0.3, -0.25) is 33.6 Å². The number of hydrogen-bond acceptors (Lipinski definition) is 13. The van der Waals surface area contributed by atoms with Gasteiger partial charge in [-0.15, -0.1) is 0 Å². The lowest BCUT2D eigenvalue weighted by Crippen LogP contribution is -2.56. The smallest absolute Gasteiger partial charge is 0.262 e. The highest BCUT2D eigenvalue weighted by Gasteiger charge is 2.30. The second-order valence-corrected chi connectivity index (χ2v) is 25.4. The fourth-order valence-electron chi connectivity index (χ4n) is 10.3. The van der Waals surface area contributed by atoms with E-state index in [0.29, 0.717) is 19.4 Å². The molecular formula is C69H131N13O7. The molecule has 4 unspecified atom stereocenters. The van der Waals surface area contributed by atoms with Crippen molar-refractivity contribution in [3.05, 3.63) is 0 Å². The van der Waals surface area contributed by atoms with Gasteiger partial charge in [-0.25, -0.2) is 21.7 Å². The number of nitrogens with two attached hydrogens (primary N) is 2. The summed E-state index contributed by atoms with van der Waals surface area (Å²) < 4.78 is 0. The maximum Gasteiger partial charge on any atom is 0.262 e. The summed E-state index contributed by atoms with van der Waals surface area (Å²) in [4.78, 5) is 96.1. The Kier molecular flexibility index (Phi) is 55.8. The maximum absolute atomic E-state index is 14.4. The van der Waals surface area contributed by atoms with Gasteiger partial charge in [0.25, 0.3) is 11.8 Å². The Balaban J connectivity index is 6.49. The number of hydrogen-bond donors (Lipinski definition) is 9. The standard InChI is InChI=1S/C69H131N13O7/c1-9-13-17-21-25-29-33-39-55(5)51-72-79-64(84)48-45-61(68(88)81-74-53-57(7)41-35-31-27-23-19-15-11-3)76-63(83)47-44-60(77-66(86)59(71)43-37-38-50-70)67(87)78-62(69(89)82-75-54-58(8)42-36-32-28-24-20-16-12-4)46-49-65(85)80-73-52-56(6)40-34-30-26-22-18-14-10-2/h51-62H,9-50,70-71H2,1-8H3,(H,76,83)(H,77,86)(H,78,87)(H,79,84)(H,80,85)(H,81,88)(H,82,89)/b72-51+,73-52+,74-53+,75-54+/t55?,56?,57?,58?,59-,60-,61-,62-/m0/s1. The predicted octanol–water partition coefficient (Wildman–Crippen LogP) is 12.8. The summed E-state index contributed by atoms with van der Waals surface area (Å²) in [5, 5.41) is 25.0. The van der Waals surface area contributed by atoms with Crippen LogP contribution >= 0.6 is 0 Å². The van der Waals surface area contributed by atoms with Crippen molar-refractivity contribution in [3.8, 4) is 0 Å². The van der Waals surface area contributed by atoms with Gasteiger partial charge in [-0.1, -0.05) is 242 Å². The lowest BCUT2D eigenvalue weighted by Gasteiger charge is -2.24. The SMILES string of the molecule is CCCCCCCCCC(C)/C=N/NC(=O)CC[C@H](NC(=O)CC[C@H](NC(=O)[C@@H](N)CCCCN)C(=O)N[C@@H](CCC(=O)N/N=C/C(C)CCCCCCCCC)C(=O)N/N=C/C(C)CCCCCCCCC)C(=O)N/N=C/C(C)CCCCCCCCC. The minimum Gasteiger partial charge on any atom is -0.344 e. The summed E-state index contributed by atoms with van der Waals surface area (Å²) in [6.07, 6.45) is 44.0. The second kappa shape index (κ2) is 59.2. The first-order valence-corrected chi connectivity index (χ1v) is 35.7. The Morgan fingerprint density at radius 3 is 0.921 bits per heavy atom. The number of nitrogens with zero attached hydrogens (tertiary/aromatic N) is 4. The Labute approximate surface area is 540 Å². The Morgan fingerprint density at radius 1 is 0.315 bits per heavy atom. The first-order chi connectivity index (χ1) is 43.0. The van der Waals surface area contributed by atoms with E-state index in [4.69, 9.17) is 11.5 Å². The molecule has 0 radical (unpaired) electrons. The molecule has 0 heterocycles. The van der Waals surface area contributed by atoms with Crippen molar-refractivity contribution < 1.29 is 33.6 Å². The fraction of sp³-hybridized carbons (Fsp3) is 0.841. The topological polar surface area (TPSA) is 305 Å². The molecule has 0 fully saturated rings. The van der Waals surface area contributed by atoms with E-state index < -0.39 is 65.5 Å². The van der Waals surface area contributed by atoms with Crippen LogP contribution < -0.4 is 49.1 Å². The molecule has 0 aliphatic rings. The lowest BCUT2D eigenvalue weighted by molar-refractivity contribution is -0.133. The summed E-state index contributed by atoms with van der Waals surface area (Å²) in [5.41, 5.74) is 22.2. The summed E-state index contributed by atoms with van der Waals surface area (Å²) in [7, 11) is 0. The molecule has 514 valence electrons. The van der Waals surface area contributed by atoms with Gasteiger partial charge >= 0.3 is 0 Å². The predicted molar refractivity (Wildman–Crippen MR) is 368 cm³/mol. The number of hydrazone groups is 4. The van der Waals surface area contributed by atoms with E-state index in [1.54, 1.807) is 24.9 Å². The lowest BCUT2D eigenvalue weighted by atomic mass is 10.0. The summed E-state index contributed by atoms with van der Waals surface area (Å²) >= 11 is 0. The van der Waals surface area contributed by atoms with Crippen molar-refractivity contribution in [2.45, 2.75) is 343 Å². The molecule has 0 rings (SSSR count). The van der Waals surface area contributed by atoms with Crippen LogP contribution in [0.2, 0.25) is 0 Å². The zero-order valence-electron chi connectivity index (χ0n) is 57.4. The third-order valence-electron chi connectivity index (χ3n) is 16.3. The van der Waals surface area contributed by atoms with Crippen molar-refractivity contribution in [3.63, 3.8) is 0 Å². The molecule has 20 nitrogen and oxygen atoms in total. The van der Waals surface area contributed by atoms with Crippen molar-refractivity contribution in [1.29, 1.82) is 0 Å². The zero-order valence-corrected chi connectivity index (χ0v) is 57.4. The van der Waals surface area contributed by atoms with Crippen LogP contribution in [0.3, 0.4) is 0 Å². The Bertz CT molecular complexity index is 1950. The van der Waals surface area contributed by atoms with Crippen LogP contribution in [0, 0.1) is 23.7 Å². The van der Waals surface area contributed by atoms with Gasteiger partial charge in [0.1, 0.15) is 18.1 Å². The largest absolute Gasteiger partial charge is 0.344 e. The Morgan fingerprint density at radius 2 is 0.584 bits per heavy atom. The highest BCUT2D eigenvalue weighted by Crippen LogP contribution is 2.16. The van der Waals surface area contributed by atoms with Crippen LogP contribution in [0.25, 0.3) is 0 Å². The molecular weight excluding hydrogens is 1120 g/mol. The van der Waals surface area contributed by atoms with Crippen LogP contribution in [0.4, 0.5) is 0 Å². The second-order valence-electron chi connectivity index (χ2n) is 25.4. The maximum atomic E-state index is 14.4. The number of nitrogens with one attached hydrogen (secondary N) is 7. The van der Waals surface area contributed by atoms with Gasteiger partial charge < -0.3 is 27.4 Å². The molecule has 89 heavy (non-hydrogen) atoms. The van der Waals surface area contributed by atoms with Crippen molar-refractivity contribution >= 4 is 66.2 Å². The van der Waals surface area contributed by atoms with E-state index in [1.807, 2.05) is 20.8 Å². The van der Waals surface area contributed by atoms with Crippen LogP contribution in [0.15, 0.2) is 20.4 Å². The van der Waals surface area contributed by atoms with Crippen LogP contribution in [-0.4, -0.2) is 96.9 Å². The van der Waals surface area contributed by atoms with Gasteiger partial charge in [0.2, 0.25) is 29.5 Å². The molecule has 0 aliphatic heterocycles. The van der Waals surface area contributed by atoms with E-state index >= 15 is 0 Å². The molecule has 0 spiro atoms. The molecule has 8 atom stereocenters. The van der Waals surface area contributed by atoms with Gasteiger partial charge in [-0.05, 0) is 88.0 Å². The molecule has 0 aromatic carbocycles. The third kappa shape index (κ3) is 51.2. The average Bonchev–Trinajstić information content (AvgIpc) is 3.60. The number of unbranched alkanes of at least 4 members (excludes halogenated alkanes) is 25. The highest BCUT2D eigenvalue weighted by atomic mass is 16.2. The van der Waals surface area contributed by atoms with Crippen LogP contribution in [0.5, 0.6) is 0 Å². The molecule has 0 saturated carbocycles. The quantitative estimate of drug-likeness (QED) is 0.0159. The minimum atomic E-state index is -1.39. The van der Waals surface area contributed by atoms with E-state index in [1.165, 1.54) is 128 Å².